The Hall–Kier alpha value is -1.79. The first-order chi connectivity index (χ1) is 15.7. The van der Waals surface area contributed by atoms with Crippen LogP contribution in [0.4, 0.5) is 8.78 Å². The number of aliphatic hydroxyl groups is 3. The van der Waals surface area contributed by atoms with E-state index >= 15 is 0 Å². The zero-order valence-corrected chi connectivity index (χ0v) is 19.4. The van der Waals surface area contributed by atoms with Crippen LogP contribution in [0.15, 0.2) is 41.4 Å². The highest BCUT2D eigenvalue weighted by Crippen LogP contribution is 2.39. The van der Waals surface area contributed by atoms with Crippen LogP contribution in [-0.2, 0) is 4.74 Å². The second kappa shape index (κ2) is 9.83. The lowest BCUT2D eigenvalue weighted by atomic mass is 9.97. The maximum Gasteiger partial charge on any atom is 0.136 e. The molecule has 1 aromatic heterocycles. The Morgan fingerprint density at radius 2 is 1.79 bits per heavy atom. The summed E-state index contributed by atoms with van der Waals surface area (Å²) in [5.74, 6) is -1.46. The molecule has 2 unspecified atom stereocenters. The molecular formula is C21H19Cl2F2N3O4S. The van der Waals surface area contributed by atoms with E-state index in [1.54, 1.807) is 18.2 Å². The summed E-state index contributed by atoms with van der Waals surface area (Å²) in [6.07, 6.45) is -2.29. The highest BCUT2D eigenvalue weighted by atomic mass is 35.5. The van der Waals surface area contributed by atoms with Crippen molar-refractivity contribution < 1.29 is 28.8 Å². The SMILES string of the molecule is Cc1c(F)cc(-c2cn([C@@H]3C(O)[C@@H](Sc4ccc(Cl)c(Cl)c4)OC(CO)[C@@H]3O)nn2)cc1F. The Kier molecular flexibility index (Phi) is 7.25. The van der Waals surface area contributed by atoms with E-state index in [1.165, 1.54) is 17.8 Å². The van der Waals surface area contributed by atoms with Crippen LogP contribution >= 0.6 is 35.0 Å². The lowest BCUT2D eigenvalue weighted by molar-refractivity contribution is -0.178. The molecule has 1 aliphatic rings. The van der Waals surface area contributed by atoms with E-state index < -0.39 is 48.0 Å². The average molecular weight is 518 g/mol. The van der Waals surface area contributed by atoms with Gasteiger partial charge in [-0.15, -0.1) is 5.10 Å². The van der Waals surface area contributed by atoms with Crippen molar-refractivity contribution in [3.05, 3.63) is 63.8 Å². The molecule has 3 N–H and O–H groups in total. The molecule has 1 aliphatic heterocycles. The first-order valence-corrected chi connectivity index (χ1v) is 11.4. The quantitative estimate of drug-likeness (QED) is 0.475. The third-order valence-corrected chi connectivity index (χ3v) is 7.27. The molecule has 0 bridgehead atoms. The molecule has 5 atom stereocenters. The molecule has 12 heteroatoms. The van der Waals surface area contributed by atoms with Crippen molar-refractivity contribution >= 4 is 35.0 Å². The molecular weight excluding hydrogens is 499 g/mol. The number of aromatic nitrogens is 3. The monoisotopic (exact) mass is 517 g/mol. The number of hydrogen-bond donors (Lipinski definition) is 3. The zero-order valence-electron chi connectivity index (χ0n) is 17.1. The van der Waals surface area contributed by atoms with E-state index in [1.807, 2.05) is 0 Å². The number of hydrogen-bond acceptors (Lipinski definition) is 7. The van der Waals surface area contributed by atoms with Crippen LogP contribution < -0.4 is 0 Å². The molecule has 3 aromatic rings. The summed E-state index contributed by atoms with van der Waals surface area (Å²) in [4.78, 5) is 0.644. The van der Waals surface area contributed by atoms with Crippen LogP contribution in [0.5, 0.6) is 0 Å². The molecule has 2 heterocycles. The van der Waals surface area contributed by atoms with E-state index in [9.17, 15) is 24.1 Å². The van der Waals surface area contributed by atoms with Crippen molar-refractivity contribution in [3.63, 3.8) is 0 Å². The normalized spacial score (nSPS) is 25.4. The van der Waals surface area contributed by atoms with Crippen molar-refractivity contribution in [2.75, 3.05) is 6.61 Å². The molecule has 33 heavy (non-hydrogen) atoms. The lowest BCUT2D eigenvalue weighted by Gasteiger charge is -2.41. The van der Waals surface area contributed by atoms with E-state index in [-0.39, 0.29) is 16.8 Å². The summed E-state index contributed by atoms with van der Waals surface area (Å²) < 4.78 is 34.9. The van der Waals surface area contributed by atoms with E-state index in [0.29, 0.717) is 14.9 Å². The van der Waals surface area contributed by atoms with Crippen molar-refractivity contribution in [1.29, 1.82) is 0 Å². The van der Waals surface area contributed by atoms with Gasteiger partial charge in [-0.1, -0.05) is 40.2 Å². The molecule has 1 fully saturated rings. The fraction of sp³-hybridized carbons (Fsp3) is 0.333. The average Bonchev–Trinajstić information content (AvgIpc) is 3.26. The second-order valence-corrected chi connectivity index (χ2v) is 9.53. The van der Waals surface area contributed by atoms with Crippen molar-refractivity contribution in [2.24, 2.45) is 0 Å². The van der Waals surface area contributed by atoms with E-state index in [2.05, 4.69) is 10.3 Å². The molecule has 1 saturated heterocycles. The minimum Gasteiger partial charge on any atom is -0.394 e. The fourth-order valence-corrected chi connectivity index (χ4v) is 4.97. The smallest absolute Gasteiger partial charge is 0.136 e. The predicted molar refractivity (Wildman–Crippen MR) is 119 cm³/mol. The Bertz CT molecular complexity index is 1150. The van der Waals surface area contributed by atoms with E-state index in [0.717, 1.165) is 23.9 Å². The standard InChI is InChI=1S/C21H19Cl2F2N3O4S/c1-9-14(24)4-10(5-15(9)25)16-7-28(27-26-16)18-19(30)17(8-29)32-21(20(18)31)33-11-2-3-12(22)13(23)6-11/h2-7,17-21,29-31H,8H2,1H3/t17?,18-,19-,20?,21+/m0/s1. The number of ether oxygens (including phenoxy) is 1. The van der Waals surface area contributed by atoms with Crippen LogP contribution in [0.2, 0.25) is 10.0 Å². The number of nitrogens with zero attached hydrogens (tertiary/aromatic N) is 3. The summed E-state index contributed by atoms with van der Waals surface area (Å²) >= 11 is 13.1. The zero-order chi connectivity index (χ0) is 23.9. The predicted octanol–water partition coefficient (Wildman–Crippen LogP) is 3.61. The Labute approximate surface area is 201 Å². The molecule has 7 nitrogen and oxygen atoms in total. The molecule has 0 radical (unpaired) electrons. The van der Waals surface area contributed by atoms with Gasteiger partial charge in [0.15, 0.2) is 0 Å². The number of rotatable bonds is 5. The van der Waals surface area contributed by atoms with Crippen LogP contribution in [0, 0.1) is 18.6 Å². The van der Waals surface area contributed by atoms with Gasteiger partial charge in [0.25, 0.3) is 0 Å². The van der Waals surface area contributed by atoms with Gasteiger partial charge in [0, 0.05) is 16.0 Å². The molecule has 0 saturated carbocycles. The molecule has 2 aromatic carbocycles. The highest BCUT2D eigenvalue weighted by Gasteiger charge is 2.46. The van der Waals surface area contributed by atoms with Crippen LogP contribution in [-0.4, -0.2) is 60.7 Å². The largest absolute Gasteiger partial charge is 0.394 e. The minimum absolute atomic E-state index is 0.116. The van der Waals surface area contributed by atoms with Gasteiger partial charge in [0.05, 0.1) is 22.8 Å². The Morgan fingerprint density at radius 3 is 2.42 bits per heavy atom. The number of thioether (sulfide) groups is 1. The third-order valence-electron chi connectivity index (χ3n) is 5.38. The number of halogens is 4. The van der Waals surface area contributed by atoms with Gasteiger partial charge in [-0.25, -0.2) is 13.5 Å². The van der Waals surface area contributed by atoms with Crippen molar-refractivity contribution in [2.45, 2.75) is 41.6 Å². The van der Waals surface area contributed by atoms with Gasteiger partial charge in [0.2, 0.25) is 0 Å². The minimum atomic E-state index is -1.34. The highest BCUT2D eigenvalue weighted by molar-refractivity contribution is 7.99. The molecule has 0 amide bonds. The number of benzene rings is 2. The van der Waals surface area contributed by atoms with Crippen LogP contribution in [0.1, 0.15) is 11.6 Å². The lowest BCUT2D eigenvalue weighted by Crippen LogP contribution is -2.55. The molecule has 176 valence electrons. The summed E-state index contributed by atoms with van der Waals surface area (Å²) in [5.41, 5.74) is -0.727. The van der Waals surface area contributed by atoms with Crippen LogP contribution in [0.25, 0.3) is 11.3 Å². The summed E-state index contributed by atoms with van der Waals surface area (Å²) in [6, 6.07) is 6.09. The number of aliphatic hydroxyl groups excluding tert-OH is 3. The van der Waals surface area contributed by atoms with Crippen molar-refractivity contribution in [1.82, 2.24) is 15.0 Å². The Balaban J connectivity index is 1.63. The van der Waals surface area contributed by atoms with Crippen molar-refractivity contribution in [3.8, 4) is 11.3 Å². The molecule has 4 rings (SSSR count). The summed E-state index contributed by atoms with van der Waals surface area (Å²) in [6.45, 7) is 0.805. The van der Waals surface area contributed by atoms with Gasteiger partial charge < -0.3 is 20.1 Å². The maximum absolute atomic E-state index is 14.0. The van der Waals surface area contributed by atoms with Crippen LogP contribution in [0.3, 0.4) is 0 Å². The van der Waals surface area contributed by atoms with Gasteiger partial charge in [-0.3, -0.25) is 0 Å². The third kappa shape index (κ3) is 4.88. The summed E-state index contributed by atoms with van der Waals surface area (Å²) in [7, 11) is 0. The maximum atomic E-state index is 14.0. The van der Waals surface area contributed by atoms with Gasteiger partial charge >= 0.3 is 0 Å². The molecule has 0 aliphatic carbocycles. The molecule has 0 spiro atoms. The topological polar surface area (TPSA) is 101 Å². The Morgan fingerprint density at radius 1 is 1.09 bits per heavy atom. The van der Waals surface area contributed by atoms with Gasteiger partial charge in [0.1, 0.15) is 47.1 Å². The fourth-order valence-electron chi connectivity index (χ4n) is 3.51. The summed E-state index contributed by atoms with van der Waals surface area (Å²) in [5, 5.41) is 40.0. The van der Waals surface area contributed by atoms with E-state index in [4.69, 9.17) is 27.9 Å². The van der Waals surface area contributed by atoms with Gasteiger partial charge in [-0.05, 0) is 37.3 Å². The second-order valence-electron chi connectivity index (χ2n) is 7.54. The first-order valence-electron chi connectivity index (χ1n) is 9.81. The van der Waals surface area contributed by atoms with Gasteiger partial charge in [-0.2, -0.15) is 0 Å². The first kappa shape index (κ1) is 24.3.